The minimum atomic E-state index is -1.62. The van der Waals surface area contributed by atoms with Gasteiger partial charge in [-0.05, 0) is 78.8 Å². The molecule has 64 heavy (non-hydrogen) atoms. The fourth-order valence-corrected chi connectivity index (χ4v) is 7.15. The van der Waals surface area contributed by atoms with Crippen LogP contribution in [-0.2, 0) is 40.1 Å². The van der Waals surface area contributed by atoms with E-state index in [1.807, 2.05) is 29.2 Å². The monoisotopic (exact) mass is 1020 g/mol. The minimum Gasteiger partial charge on any atom is -0.481 e. The number of aliphatic hydroxyl groups is 2. The summed E-state index contributed by atoms with van der Waals surface area (Å²) < 4.78 is 1.01. The molecule has 0 spiro atoms. The van der Waals surface area contributed by atoms with Crippen molar-refractivity contribution in [2.75, 3.05) is 91.6 Å². The van der Waals surface area contributed by atoms with Crippen molar-refractivity contribution in [3.8, 4) is 0 Å². The summed E-state index contributed by atoms with van der Waals surface area (Å²) in [6.45, 7) is 2.57. The lowest BCUT2D eigenvalue weighted by Gasteiger charge is -2.33. The fraction of sp³-hybridized carbons (Fsp3) is 0.650. The van der Waals surface area contributed by atoms with E-state index in [2.05, 4.69) is 38.5 Å². The van der Waals surface area contributed by atoms with Gasteiger partial charge in [0.2, 0.25) is 11.8 Å². The molecule has 23 nitrogen and oxygen atoms in total. The lowest BCUT2D eigenvalue weighted by Crippen LogP contribution is -2.51. The molecule has 1 aliphatic heterocycles. The molecular weight excluding hydrogens is 959 g/mol. The van der Waals surface area contributed by atoms with Crippen LogP contribution < -0.4 is 16.0 Å². The van der Waals surface area contributed by atoms with E-state index in [9.17, 15) is 69.0 Å². The number of carboxylic acid groups (broad SMARTS) is 5. The molecule has 1 aliphatic rings. The van der Waals surface area contributed by atoms with Crippen LogP contribution in [-0.4, -0.2) is 218 Å². The van der Waals surface area contributed by atoms with E-state index in [1.165, 1.54) is 0 Å². The van der Waals surface area contributed by atoms with E-state index in [0.717, 1.165) is 9.13 Å². The molecule has 360 valence electrons. The summed E-state index contributed by atoms with van der Waals surface area (Å²) in [5.74, 6) is -6.63. The van der Waals surface area contributed by atoms with E-state index in [1.54, 1.807) is 19.6 Å². The van der Waals surface area contributed by atoms with Crippen molar-refractivity contribution >= 4 is 70.3 Å². The van der Waals surface area contributed by atoms with Gasteiger partial charge in [-0.2, -0.15) is 0 Å². The number of carboxylic acids is 5. The van der Waals surface area contributed by atoms with Crippen molar-refractivity contribution in [1.29, 1.82) is 0 Å². The first kappa shape index (κ1) is 55.4. The first-order valence-corrected chi connectivity index (χ1v) is 22.1. The third-order valence-corrected chi connectivity index (χ3v) is 11.0. The molecule has 24 heteroatoms. The van der Waals surface area contributed by atoms with E-state index >= 15 is 0 Å². The van der Waals surface area contributed by atoms with Gasteiger partial charge in [0, 0.05) is 94.9 Å². The summed E-state index contributed by atoms with van der Waals surface area (Å²) in [4.78, 5) is 105. The van der Waals surface area contributed by atoms with Gasteiger partial charge >= 0.3 is 35.9 Å². The maximum Gasteiger partial charge on any atom is 0.326 e. The van der Waals surface area contributed by atoms with Crippen molar-refractivity contribution in [2.45, 2.75) is 76.3 Å². The fourth-order valence-electron chi connectivity index (χ4n) is 6.79. The van der Waals surface area contributed by atoms with Crippen molar-refractivity contribution in [3.63, 3.8) is 0 Å². The zero-order valence-corrected chi connectivity index (χ0v) is 38.0. The van der Waals surface area contributed by atoms with Crippen LogP contribution in [0.3, 0.4) is 0 Å². The minimum absolute atomic E-state index is 0.0323. The maximum absolute atomic E-state index is 13.5. The summed E-state index contributed by atoms with van der Waals surface area (Å²) in [6, 6.07) is 3.61. The Morgan fingerprint density at radius 1 is 0.609 bits per heavy atom. The van der Waals surface area contributed by atoms with Gasteiger partial charge in [-0.15, -0.1) is 0 Å². The lowest BCUT2D eigenvalue weighted by molar-refractivity contribution is -0.141. The van der Waals surface area contributed by atoms with Crippen LogP contribution in [0.5, 0.6) is 0 Å². The predicted molar refractivity (Wildman–Crippen MR) is 236 cm³/mol. The Morgan fingerprint density at radius 2 is 1.11 bits per heavy atom. The molecule has 0 radical (unpaired) electrons. The van der Waals surface area contributed by atoms with Crippen LogP contribution in [0.2, 0.25) is 0 Å². The molecule has 1 saturated heterocycles. The molecule has 10 N–H and O–H groups in total. The van der Waals surface area contributed by atoms with Gasteiger partial charge < -0.3 is 56.6 Å². The van der Waals surface area contributed by atoms with E-state index in [4.69, 9.17) is 5.11 Å². The number of benzene rings is 1. The SMILES string of the molecule is O=C(O)CC[C@H](NC(=O)N[C@@H](CCCCN(Cc1ccc(I)cc1)C(=O)CCCCNC(=O)CN1CCN(CC(=O)O)CCN(CC(O)O)CCN(CC(=O)O)CC1)C(=O)O)C(=O)O. The Morgan fingerprint density at radius 3 is 1.59 bits per heavy atom. The van der Waals surface area contributed by atoms with E-state index in [-0.39, 0.29) is 90.0 Å². The molecule has 0 unspecified atom stereocenters. The molecule has 1 aromatic carbocycles. The number of carbonyl (C=O) groups is 8. The maximum atomic E-state index is 13.5. The first-order chi connectivity index (χ1) is 30.3. The van der Waals surface area contributed by atoms with Crippen LogP contribution in [0.15, 0.2) is 24.3 Å². The van der Waals surface area contributed by atoms with Crippen molar-refractivity contribution in [3.05, 3.63) is 33.4 Å². The van der Waals surface area contributed by atoms with Gasteiger partial charge in [0.15, 0.2) is 6.29 Å². The number of aliphatic carboxylic acids is 5. The number of amides is 4. The number of β-amino-alcohol motifs (C(OH)–C–C–N with tert-alkyl or cyclic N) is 2. The van der Waals surface area contributed by atoms with Gasteiger partial charge in [0.05, 0.1) is 19.6 Å². The summed E-state index contributed by atoms with van der Waals surface area (Å²) in [7, 11) is 0. The lowest BCUT2D eigenvalue weighted by atomic mass is 10.1. The second kappa shape index (κ2) is 30.4. The molecule has 2 rings (SSSR count). The Hall–Kier alpha value is -4.73. The van der Waals surface area contributed by atoms with Crippen molar-refractivity contribution in [2.24, 2.45) is 0 Å². The van der Waals surface area contributed by atoms with E-state index in [0.29, 0.717) is 58.5 Å². The smallest absolute Gasteiger partial charge is 0.326 e. The molecule has 1 heterocycles. The third-order valence-electron chi connectivity index (χ3n) is 10.2. The summed E-state index contributed by atoms with van der Waals surface area (Å²) in [6.07, 6.45) is -0.844. The van der Waals surface area contributed by atoms with Gasteiger partial charge in [-0.3, -0.25) is 43.6 Å². The van der Waals surface area contributed by atoms with Gasteiger partial charge in [0.1, 0.15) is 12.1 Å². The predicted octanol–water partition coefficient (Wildman–Crippen LogP) is -1.15. The highest BCUT2D eigenvalue weighted by Gasteiger charge is 2.26. The molecule has 1 fully saturated rings. The van der Waals surface area contributed by atoms with Gasteiger partial charge in [0.25, 0.3) is 0 Å². The molecule has 0 aliphatic carbocycles. The highest BCUT2D eigenvalue weighted by molar-refractivity contribution is 14.1. The Labute approximate surface area is 384 Å². The second-order valence-electron chi connectivity index (χ2n) is 15.5. The number of aliphatic hydroxyl groups excluding tert-OH is 1. The molecule has 0 bridgehead atoms. The second-order valence-corrected chi connectivity index (χ2v) is 16.7. The summed E-state index contributed by atoms with van der Waals surface area (Å²) in [5, 5.41) is 73.1. The van der Waals surface area contributed by atoms with Crippen LogP contribution in [0.25, 0.3) is 0 Å². The first-order valence-electron chi connectivity index (χ1n) is 21.0. The number of unbranched alkanes of at least 4 members (excludes halogenated alkanes) is 2. The standard InChI is InChI=1S/C40H63IN8O15/c41-29-9-7-28(8-10-29)23-49(14-4-2-5-30(38(60)61)43-40(64)44-31(39(62)63)11-12-34(52)53)33(51)6-1-3-13-42-32(50)24-45-15-17-46(25-35(54)55)19-21-48(27-37(58)59)22-20-47(18-16-45)26-36(56)57/h7-10,30-31,37,58-59H,1-6,11-27H2,(H,42,50)(H,52,53)(H,54,55)(H,56,57)(H,60,61)(H,62,63)(H2,43,44,64)/t30-,31-/m0/s1. The van der Waals surface area contributed by atoms with Crippen LogP contribution in [0.1, 0.15) is 56.9 Å². The quantitative estimate of drug-likeness (QED) is 0.0283. The normalized spacial score (nSPS) is 15.8. The van der Waals surface area contributed by atoms with Gasteiger partial charge in [-0.1, -0.05) is 12.1 Å². The number of rotatable bonds is 27. The molecule has 4 amide bonds. The van der Waals surface area contributed by atoms with Crippen LogP contribution in [0, 0.1) is 3.57 Å². The average molecular weight is 1020 g/mol. The molecule has 0 saturated carbocycles. The number of halogens is 1. The van der Waals surface area contributed by atoms with Gasteiger partial charge in [-0.25, -0.2) is 14.4 Å². The molecule has 1 aromatic rings. The average Bonchev–Trinajstić information content (AvgIpc) is 3.20. The largest absolute Gasteiger partial charge is 0.481 e. The molecule has 0 aromatic heterocycles. The topological polar surface area (TPSA) is 330 Å². The molecule has 2 atom stereocenters. The zero-order chi connectivity index (χ0) is 47.6. The summed E-state index contributed by atoms with van der Waals surface area (Å²) in [5.41, 5.74) is 0.876. The number of nitrogens with one attached hydrogen (secondary N) is 3. The van der Waals surface area contributed by atoms with Crippen molar-refractivity contribution < 1.29 is 74.1 Å². The van der Waals surface area contributed by atoms with E-state index < -0.39 is 67.1 Å². The summed E-state index contributed by atoms with van der Waals surface area (Å²) >= 11 is 2.17. The highest BCUT2D eigenvalue weighted by atomic mass is 127. The number of carbonyl (C=O) groups excluding carboxylic acids is 3. The third kappa shape index (κ3) is 24.9. The number of nitrogens with zero attached hydrogens (tertiary/aromatic N) is 5. The van der Waals surface area contributed by atoms with Crippen LogP contribution in [0.4, 0.5) is 4.79 Å². The number of urea groups is 1. The van der Waals surface area contributed by atoms with Crippen molar-refractivity contribution in [1.82, 2.24) is 40.4 Å². The number of hydrogen-bond acceptors (Lipinski definition) is 14. The highest BCUT2D eigenvalue weighted by Crippen LogP contribution is 2.14. The number of hydrogen-bond donors (Lipinski definition) is 10. The van der Waals surface area contributed by atoms with Crippen LogP contribution >= 0.6 is 22.6 Å². The zero-order valence-electron chi connectivity index (χ0n) is 35.8. The Kier molecular flexibility index (Phi) is 26.3. The Bertz CT molecular complexity index is 1640. The molecular formula is C40H63IN8O15. The Balaban J connectivity index is 1.95.